The van der Waals surface area contributed by atoms with Gasteiger partial charge in [-0.3, -0.25) is 10.2 Å². The van der Waals surface area contributed by atoms with Gasteiger partial charge in [-0.1, -0.05) is 63.2 Å². The number of ketones is 1. The molecular weight excluding hydrogens is 527 g/mol. The number of aromatic carboxylic acids is 1. The molecule has 2 N–H and O–H groups in total. The standard InChI is InChI=1S/C29H26F3N3O5/c1-28(2,3)20-14-18(13-19(25(37)38)24(20)40-26(39)29(30,31)32)23(36)16-35-22-12-8-7-11-21(22)34(27(35)33)15-17-9-5-4-6-10-17/h4-14,33H,15-16H2,1-3H3,(H,37,38). The molecule has 0 saturated carbocycles. The molecule has 4 rings (SSSR count). The van der Waals surface area contributed by atoms with Gasteiger partial charge in [-0.2, -0.15) is 13.2 Å². The molecule has 1 heterocycles. The van der Waals surface area contributed by atoms with Crippen LogP contribution in [0.2, 0.25) is 0 Å². The summed E-state index contributed by atoms with van der Waals surface area (Å²) in [4.78, 5) is 37.2. The van der Waals surface area contributed by atoms with Crippen LogP contribution >= 0.6 is 0 Å². The number of halogens is 3. The van der Waals surface area contributed by atoms with E-state index in [1.807, 2.05) is 42.5 Å². The van der Waals surface area contributed by atoms with E-state index < -0.39 is 40.6 Å². The number of alkyl halides is 3. The molecule has 40 heavy (non-hydrogen) atoms. The fraction of sp³-hybridized carbons (Fsp3) is 0.241. The Labute approximate surface area is 226 Å². The molecule has 0 aliphatic carbocycles. The maximum atomic E-state index is 13.5. The van der Waals surface area contributed by atoms with Crippen LogP contribution in [-0.2, 0) is 23.3 Å². The van der Waals surface area contributed by atoms with Crippen molar-refractivity contribution in [1.82, 2.24) is 9.13 Å². The minimum atomic E-state index is -5.35. The third kappa shape index (κ3) is 5.68. The van der Waals surface area contributed by atoms with Gasteiger partial charge in [0.25, 0.3) is 0 Å². The summed E-state index contributed by atoms with van der Waals surface area (Å²) in [6.45, 7) is 4.78. The molecule has 0 saturated heterocycles. The van der Waals surface area contributed by atoms with Crippen LogP contribution in [0.1, 0.15) is 52.6 Å². The molecule has 4 aromatic rings. The smallest absolute Gasteiger partial charge is 0.478 e. The average Bonchev–Trinajstić information content (AvgIpc) is 3.13. The molecule has 0 atom stereocenters. The highest BCUT2D eigenvalue weighted by atomic mass is 19.4. The second-order valence-corrected chi connectivity index (χ2v) is 10.2. The van der Waals surface area contributed by atoms with Gasteiger partial charge in [0.2, 0.25) is 5.62 Å². The first kappa shape index (κ1) is 28.3. The Bertz CT molecular complexity index is 1680. The molecule has 0 amide bonds. The summed E-state index contributed by atoms with van der Waals surface area (Å²) in [5.74, 6) is -5.59. The van der Waals surface area contributed by atoms with Gasteiger partial charge in [-0.25, -0.2) is 9.59 Å². The van der Waals surface area contributed by atoms with Crippen LogP contribution in [0.3, 0.4) is 0 Å². The van der Waals surface area contributed by atoms with Crippen molar-refractivity contribution in [3.63, 3.8) is 0 Å². The fourth-order valence-corrected chi connectivity index (χ4v) is 4.38. The van der Waals surface area contributed by atoms with E-state index in [-0.39, 0.29) is 23.3 Å². The number of benzene rings is 3. The van der Waals surface area contributed by atoms with Crippen molar-refractivity contribution in [1.29, 1.82) is 5.41 Å². The van der Waals surface area contributed by atoms with Crippen LogP contribution in [0.4, 0.5) is 13.2 Å². The summed E-state index contributed by atoms with van der Waals surface area (Å²) in [5.41, 5.74) is 0.361. The molecule has 0 aliphatic rings. The SMILES string of the molecule is CC(C)(C)c1cc(C(=O)Cn2c(=N)n(Cc3ccccc3)c3ccccc32)cc(C(=O)O)c1OC(=O)C(F)(F)F. The van der Waals surface area contributed by atoms with Crippen molar-refractivity contribution in [3.05, 3.63) is 94.6 Å². The van der Waals surface area contributed by atoms with E-state index in [1.165, 1.54) is 10.6 Å². The number of nitrogens with one attached hydrogen (secondary N) is 1. The molecule has 1 aromatic heterocycles. The number of rotatable bonds is 7. The van der Waals surface area contributed by atoms with Crippen LogP contribution < -0.4 is 10.4 Å². The molecule has 0 unspecified atom stereocenters. The van der Waals surface area contributed by atoms with Crippen molar-refractivity contribution in [2.75, 3.05) is 0 Å². The first-order valence-corrected chi connectivity index (χ1v) is 12.2. The number of aromatic nitrogens is 2. The lowest BCUT2D eigenvalue weighted by atomic mass is 9.83. The van der Waals surface area contributed by atoms with Crippen LogP contribution in [0.5, 0.6) is 5.75 Å². The summed E-state index contributed by atoms with van der Waals surface area (Å²) < 4.78 is 46.6. The Morgan fingerprint density at radius 2 is 1.48 bits per heavy atom. The molecule has 3 aromatic carbocycles. The fourth-order valence-electron chi connectivity index (χ4n) is 4.38. The number of carboxylic acid groups (broad SMARTS) is 1. The maximum Gasteiger partial charge on any atom is 0.491 e. The lowest BCUT2D eigenvalue weighted by molar-refractivity contribution is -0.189. The molecule has 208 valence electrons. The van der Waals surface area contributed by atoms with Crippen molar-refractivity contribution >= 4 is 28.8 Å². The van der Waals surface area contributed by atoms with Gasteiger partial charge in [0.15, 0.2) is 5.78 Å². The number of hydrogen-bond acceptors (Lipinski definition) is 5. The number of imidazole rings is 1. The molecule has 0 radical (unpaired) electrons. The predicted molar refractivity (Wildman–Crippen MR) is 139 cm³/mol. The van der Waals surface area contributed by atoms with Crippen molar-refractivity contribution < 1.29 is 37.4 Å². The van der Waals surface area contributed by atoms with Crippen LogP contribution in [0, 0.1) is 5.41 Å². The third-order valence-corrected chi connectivity index (χ3v) is 6.34. The van der Waals surface area contributed by atoms with Gasteiger partial charge in [-0.05, 0) is 35.2 Å². The number of carboxylic acids is 1. The summed E-state index contributed by atoms with van der Waals surface area (Å²) in [5, 5.41) is 18.6. The molecule has 8 nitrogen and oxygen atoms in total. The summed E-state index contributed by atoms with van der Waals surface area (Å²) in [6.07, 6.45) is -5.35. The number of carbonyl (C=O) groups excluding carboxylic acids is 2. The third-order valence-electron chi connectivity index (χ3n) is 6.34. The number of nitrogens with zero attached hydrogens (tertiary/aromatic N) is 2. The molecule has 0 fully saturated rings. The summed E-state index contributed by atoms with van der Waals surface area (Å²) in [7, 11) is 0. The van der Waals surface area contributed by atoms with Crippen LogP contribution in [0.15, 0.2) is 66.7 Å². The Kier molecular flexibility index (Phi) is 7.42. The Morgan fingerprint density at radius 3 is 2.02 bits per heavy atom. The van der Waals surface area contributed by atoms with E-state index in [2.05, 4.69) is 4.74 Å². The zero-order chi connectivity index (χ0) is 29.4. The highest BCUT2D eigenvalue weighted by Gasteiger charge is 2.43. The molecular formula is C29H26F3N3O5. The van der Waals surface area contributed by atoms with Crippen LogP contribution in [0.25, 0.3) is 11.0 Å². The second-order valence-electron chi connectivity index (χ2n) is 10.2. The summed E-state index contributed by atoms with van der Waals surface area (Å²) >= 11 is 0. The largest absolute Gasteiger partial charge is 0.491 e. The lowest BCUT2D eigenvalue weighted by Crippen LogP contribution is -2.30. The van der Waals surface area contributed by atoms with E-state index in [9.17, 15) is 32.7 Å². The van der Waals surface area contributed by atoms with Gasteiger partial charge < -0.3 is 19.0 Å². The van der Waals surface area contributed by atoms with Crippen molar-refractivity contribution in [3.8, 4) is 5.75 Å². The first-order chi connectivity index (χ1) is 18.7. The summed E-state index contributed by atoms with van der Waals surface area (Å²) in [6, 6.07) is 18.8. The van der Waals surface area contributed by atoms with Gasteiger partial charge in [0.1, 0.15) is 11.3 Å². The zero-order valence-corrected chi connectivity index (χ0v) is 21.9. The number of ether oxygens (including phenoxy) is 1. The predicted octanol–water partition coefficient (Wildman–Crippen LogP) is 5.32. The minimum Gasteiger partial charge on any atom is -0.478 e. The maximum absolute atomic E-state index is 13.5. The molecule has 11 heteroatoms. The van der Waals surface area contributed by atoms with E-state index in [0.717, 1.165) is 11.6 Å². The van der Waals surface area contributed by atoms with E-state index in [0.29, 0.717) is 17.6 Å². The van der Waals surface area contributed by atoms with E-state index in [4.69, 9.17) is 5.41 Å². The number of fused-ring (bicyclic) bond motifs is 1. The number of esters is 1. The van der Waals surface area contributed by atoms with Gasteiger partial charge in [0, 0.05) is 11.1 Å². The van der Waals surface area contributed by atoms with Crippen LogP contribution in [-0.4, -0.2) is 38.1 Å². The quantitative estimate of drug-likeness (QED) is 0.183. The van der Waals surface area contributed by atoms with E-state index in [1.54, 1.807) is 37.5 Å². The highest BCUT2D eigenvalue weighted by Crippen LogP contribution is 2.37. The Morgan fingerprint density at radius 1 is 0.900 bits per heavy atom. The molecule has 0 spiro atoms. The Hall–Kier alpha value is -4.67. The number of para-hydroxylation sites is 2. The number of Topliss-reactive ketones (excluding diaryl/α,β-unsaturated/α-hetero) is 1. The Balaban J connectivity index is 1.80. The second kappa shape index (κ2) is 10.5. The molecule has 0 bridgehead atoms. The average molecular weight is 554 g/mol. The van der Waals surface area contributed by atoms with Crippen molar-refractivity contribution in [2.45, 2.75) is 45.5 Å². The van der Waals surface area contributed by atoms with Gasteiger partial charge >= 0.3 is 18.1 Å². The highest BCUT2D eigenvalue weighted by molar-refractivity contribution is 6.01. The van der Waals surface area contributed by atoms with Gasteiger partial charge in [-0.15, -0.1) is 0 Å². The number of hydrogen-bond donors (Lipinski definition) is 2. The first-order valence-electron chi connectivity index (χ1n) is 12.2. The topological polar surface area (TPSA) is 114 Å². The van der Waals surface area contributed by atoms with Crippen molar-refractivity contribution in [2.24, 2.45) is 0 Å². The van der Waals surface area contributed by atoms with Gasteiger partial charge in [0.05, 0.1) is 24.1 Å². The minimum absolute atomic E-state index is 0.0311. The lowest BCUT2D eigenvalue weighted by Gasteiger charge is -2.24. The van der Waals surface area contributed by atoms with E-state index >= 15 is 0 Å². The molecule has 0 aliphatic heterocycles. The number of carbonyl (C=O) groups is 3. The normalized spacial score (nSPS) is 11.9. The zero-order valence-electron chi connectivity index (χ0n) is 21.9. The monoisotopic (exact) mass is 553 g/mol.